The minimum atomic E-state index is -0.103. The van der Waals surface area contributed by atoms with Crippen LogP contribution in [0, 0.1) is 0 Å². The molecule has 4 rings (SSSR count). The Labute approximate surface area is 178 Å². The Morgan fingerprint density at radius 1 is 1.04 bits per heavy atom. The molecule has 2 heterocycles. The van der Waals surface area contributed by atoms with Gasteiger partial charge in [0.05, 0.1) is 10.0 Å². The highest BCUT2D eigenvalue weighted by atomic mass is 35.5. The van der Waals surface area contributed by atoms with Crippen LogP contribution >= 0.6 is 35.4 Å². The zero-order valence-corrected chi connectivity index (χ0v) is 17.6. The first kappa shape index (κ1) is 19.0. The van der Waals surface area contributed by atoms with Crippen molar-refractivity contribution in [1.82, 2.24) is 14.4 Å². The van der Waals surface area contributed by atoms with Crippen molar-refractivity contribution in [1.29, 1.82) is 0 Å². The predicted molar refractivity (Wildman–Crippen MR) is 119 cm³/mol. The molecular formula is C21H17Cl2N3OS. The molecule has 0 spiro atoms. The van der Waals surface area contributed by atoms with Gasteiger partial charge in [-0.3, -0.25) is 9.69 Å². The maximum atomic E-state index is 12.5. The molecule has 0 aliphatic carbocycles. The number of nitrogens with zero attached hydrogens (tertiary/aromatic N) is 3. The van der Waals surface area contributed by atoms with E-state index in [2.05, 4.69) is 16.7 Å². The summed E-state index contributed by atoms with van der Waals surface area (Å²) < 4.78 is 2.14. The Morgan fingerprint density at radius 2 is 1.79 bits per heavy atom. The van der Waals surface area contributed by atoms with Gasteiger partial charge in [0.25, 0.3) is 5.91 Å². The van der Waals surface area contributed by atoms with Crippen LogP contribution in [-0.4, -0.2) is 39.5 Å². The summed E-state index contributed by atoms with van der Waals surface area (Å²) in [7, 11) is 3.50. The van der Waals surface area contributed by atoms with E-state index in [1.165, 1.54) is 4.90 Å². The van der Waals surface area contributed by atoms with Crippen LogP contribution < -0.4 is 0 Å². The first-order chi connectivity index (χ1) is 13.4. The molecule has 0 bridgehead atoms. The predicted octanol–water partition coefficient (Wildman–Crippen LogP) is 5.03. The van der Waals surface area contributed by atoms with Crippen molar-refractivity contribution >= 4 is 63.4 Å². The molecule has 142 valence electrons. The second kappa shape index (κ2) is 7.24. The van der Waals surface area contributed by atoms with Crippen LogP contribution in [0.25, 0.3) is 17.0 Å². The quantitative estimate of drug-likeness (QED) is 0.431. The first-order valence-corrected chi connectivity index (χ1v) is 9.82. The number of amides is 1. The number of fused-ring (bicyclic) bond motifs is 1. The highest BCUT2D eigenvalue weighted by molar-refractivity contribution is 7.80. The summed E-state index contributed by atoms with van der Waals surface area (Å²) >= 11 is 17.5. The molecule has 0 radical (unpaired) electrons. The van der Waals surface area contributed by atoms with Crippen molar-refractivity contribution in [3.63, 3.8) is 0 Å². The molecule has 1 aliphatic heterocycles. The van der Waals surface area contributed by atoms with Gasteiger partial charge in [0.2, 0.25) is 0 Å². The number of hydrogen-bond donors (Lipinski definition) is 0. The van der Waals surface area contributed by atoms with Gasteiger partial charge in [-0.2, -0.15) is 0 Å². The van der Waals surface area contributed by atoms with Crippen molar-refractivity contribution < 1.29 is 4.79 Å². The van der Waals surface area contributed by atoms with Gasteiger partial charge < -0.3 is 9.47 Å². The smallest absolute Gasteiger partial charge is 0.276 e. The minimum absolute atomic E-state index is 0.103. The van der Waals surface area contributed by atoms with E-state index in [1.807, 2.05) is 43.6 Å². The van der Waals surface area contributed by atoms with Gasteiger partial charge >= 0.3 is 0 Å². The summed E-state index contributed by atoms with van der Waals surface area (Å²) in [6.45, 7) is 0.642. The summed E-state index contributed by atoms with van der Waals surface area (Å²) in [5, 5.41) is 2.64. The fourth-order valence-electron chi connectivity index (χ4n) is 3.39. The first-order valence-electron chi connectivity index (χ1n) is 8.66. The van der Waals surface area contributed by atoms with E-state index in [4.69, 9.17) is 35.4 Å². The molecule has 1 saturated heterocycles. The molecule has 3 aromatic rings. The van der Waals surface area contributed by atoms with E-state index in [1.54, 1.807) is 18.0 Å². The fraction of sp³-hybridized carbons (Fsp3) is 0.143. The number of aromatic nitrogens is 1. The van der Waals surface area contributed by atoms with Crippen LogP contribution in [0.4, 0.5) is 0 Å². The SMILES string of the molecule is CN1C(=O)/C(=C/c2cn(Cc3ccc(Cl)c(Cl)c3)c3ccccc23)N(C)C1=S. The van der Waals surface area contributed by atoms with E-state index in [0.717, 1.165) is 22.0 Å². The van der Waals surface area contributed by atoms with Crippen molar-refractivity contribution in [3.8, 4) is 0 Å². The number of benzene rings is 2. The molecule has 0 N–H and O–H groups in total. The van der Waals surface area contributed by atoms with Crippen molar-refractivity contribution in [3.05, 3.63) is 75.5 Å². The Hall–Kier alpha value is -2.34. The topological polar surface area (TPSA) is 28.5 Å². The summed E-state index contributed by atoms with van der Waals surface area (Å²) in [5.41, 5.74) is 3.64. The molecule has 1 aromatic heterocycles. The van der Waals surface area contributed by atoms with Crippen molar-refractivity contribution in [2.45, 2.75) is 6.54 Å². The van der Waals surface area contributed by atoms with E-state index < -0.39 is 0 Å². The Bertz CT molecular complexity index is 1150. The van der Waals surface area contributed by atoms with Gasteiger partial charge in [-0.15, -0.1) is 0 Å². The number of carbonyl (C=O) groups excluding carboxylic acids is 1. The van der Waals surface area contributed by atoms with Gasteiger partial charge in [-0.25, -0.2) is 0 Å². The van der Waals surface area contributed by atoms with E-state index in [-0.39, 0.29) is 5.91 Å². The number of thiocarbonyl (C=S) groups is 1. The van der Waals surface area contributed by atoms with Gasteiger partial charge in [-0.05, 0) is 42.1 Å². The third-order valence-corrected chi connectivity index (χ3v) is 6.19. The average Bonchev–Trinajstić information content (AvgIpc) is 3.12. The molecule has 4 nitrogen and oxygen atoms in total. The second-order valence-electron chi connectivity index (χ2n) is 6.71. The Morgan fingerprint density at radius 3 is 2.46 bits per heavy atom. The third kappa shape index (κ3) is 3.20. The highest BCUT2D eigenvalue weighted by Gasteiger charge is 2.32. The van der Waals surface area contributed by atoms with Crippen molar-refractivity contribution in [2.75, 3.05) is 14.1 Å². The molecule has 7 heteroatoms. The maximum absolute atomic E-state index is 12.5. The fourth-order valence-corrected chi connectivity index (χ4v) is 3.89. The number of rotatable bonds is 3. The van der Waals surface area contributed by atoms with Crippen molar-refractivity contribution in [2.24, 2.45) is 0 Å². The summed E-state index contributed by atoms with van der Waals surface area (Å²) in [6, 6.07) is 13.7. The number of halogens is 2. The number of hydrogen-bond acceptors (Lipinski definition) is 2. The molecule has 1 amide bonds. The molecule has 1 fully saturated rings. The standard InChI is InChI=1S/C21H17Cl2N3OS/c1-24-19(20(27)25(2)21(24)28)10-14-12-26(18-6-4-3-5-15(14)18)11-13-7-8-16(22)17(23)9-13/h3-10,12H,11H2,1-2H3/b19-10-. The van der Waals surface area contributed by atoms with Gasteiger partial charge in [0, 0.05) is 43.3 Å². The van der Waals surface area contributed by atoms with Crippen LogP contribution in [0.3, 0.4) is 0 Å². The molecule has 28 heavy (non-hydrogen) atoms. The largest absolute Gasteiger partial charge is 0.342 e. The van der Waals surface area contributed by atoms with Crippen LogP contribution in [-0.2, 0) is 11.3 Å². The van der Waals surface area contributed by atoms with E-state index >= 15 is 0 Å². The third-order valence-electron chi connectivity index (χ3n) is 4.91. The van der Waals surface area contributed by atoms with Gasteiger partial charge in [0.15, 0.2) is 5.11 Å². The number of para-hydroxylation sites is 1. The molecule has 0 atom stereocenters. The van der Waals surface area contributed by atoms with E-state index in [9.17, 15) is 4.79 Å². The van der Waals surface area contributed by atoms with Crippen LogP contribution in [0.2, 0.25) is 10.0 Å². The molecule has 1 aliphatic rings. The maximum Gasteiger partial charge on any atom is 0.276 e. The van der Waals surface area contributed by atoms with E-state index in [0.29, 0.717) is 27.4 Å². The van der Waals surface area contributed by atoms with Gasteiger partial charge in [0.1, 0.15) is 5.70 Å². The lowest BCUT2D eigenvalue weighted by atomic mass is 10.1. The second-order valence-corrected chi connectivity index (χ2v) is 7.89. The molecular weight excluding hydrogens is 413 g/mol. The number of carbonyl (C=O) groups is 1. The lowest BCUT2D eigenvalue weighted by Gasteiger charge is -2.10. The zero-order chi connectivity index (χ0) is 20.0. The molecule has 2 aromatic carbocycles. The monoisotopic (exact) mass is 429 g/mol. The summed E-state index contributed by atoms with van der Waals surface area (Å²) in [4.78, 5) is 15.7. The average molecular weight is 430 g/mol. The number of likely N-dealkylation sites (N-methyl/N-ethyl adjacent to an activating group) is 2. The zero-order valence-electron chi connectivity index (χ0n) is 15.3. The van der Waals surface area contributed by atoms with Gasteiger partial charge in [-0.1, -0.05) is 47.5 Å². The molecule has 0 unspecified atom stereocenters. The summed E-state index contributed by atoms with van der Waals surface area (Å²) in [6.07, 6.45) is 3.94. The highest BCUT2D eigenvalue weighted by Crippen LogP contribution is 2.28. The lowest BCUT2D eigenvalue weighted by molar-refractivity contribution is -0.121. The minimum Gasteiger partial charge on any atom is -0.342 e. The Balaban J connectivity index is 1.79. The summed E-state index contributed by atoms with van der Waals surface area (Å²) in [5.74, 6) is -0.103. The lowest BCUT2D eigenvalue weighted by Crippen LogP contribution is -2.26. The van der Waals surface area contributed by atoms with Crippen LogP contribution in [0.1, 0.15) is 11.1 Å². The van der Waals surface area contributed by atoms with Crippen LogP contribution in [0.15, 0.2) is 54.4 Å². The molecule has 0 saturated carbocycles. The Kier molecular flexibility index (Phi) is 4.91. The normalized spacial score (nSPS) is 16.1. The van der Waals surface area contributed by atoms with Crippen LogP contribution in [0.5, 0.6) is 0 Å².